The zero-order chi connectivity index (χ0) is 25.3. The number of aryl methyl sites for hydroxylation is 1. The van der Waals surface area contributed by atoms with E-state index in [0.717, 1.165) is 32.1 Å². The Morgan fingerprint density at radius 1 is 1.14 bits per heavy atom. The fraction of sp³-hybridized carbons (Fsp3) is 0.500. The van der Waals surface area contributed by atoms with Crippen LogP contribution in [0.2, 0.25) is 5.28 Å². The number of nitrogens with zero attached hydrogens (tertiary/aromatic N) is 4. The summed E-state index contributed by atoms with van der Waals surface area (Å²) in [6.45, 7) is 3.47. The first-order chi connectivity index (χ1) is 17.1. The molecule has 36 heavy (non-hydrogen) atoms. The Balaban J connectivity index is 1.20. The van der Waals surface area contributed by atoms with E-state index in [9.17, 15) is 13.2 Å². The molecule has 2 unspecified atom stereocenters. The van der Waals surface area contributed by atoms with Crippen LogP contribution in [0.1, 0.15) is 49.8 Å². The van der Waals surface area contributed by atoms with Crippen LogP contribution in [0.4, 0.5) is 11.6 Å². The van der Waals surface area contributed by atoms with E-state index in [1.54, 1.807) is 32.3 Å². The van der Waals surface area contributed by atoms with Crippen LogP contribution in [0.5, 0.6) is 0 Å². The molecule has 0 saturated heterocycles. The average Bonchev–Trinajstić information content (AvgIpc) is 3.40. The second-order valence-corrected chi connectivity index (χ2v) is 12.8. The van der Waals surface area contributed by atoms with Crippen molar-refractivity contribution in [2.24, 2.45) is 17.3 Å². The molecule has 2 N–H and O–H groups in total. The molecule has 1 amide bonds. The molecule has 190 valence electrons. The Morgan fingerprint density at radius 2 is 1.83 bits per heavy atom. The lowest BCUT2D eigenvalue weighted by Gasteiger charge is -2.60. The largest absolute Gasteiger partial charge is 0.337 e. The van der Waals surface area contributed by atoms with Gasteiger partial charge in [0.1, 0.15) is 6.33 Å². The van der Waals surface area contributed by atoms with Gasteiger partial charge in [0.25, 0.3) is 10.0 Å². The van der Waals surface area contributed by atoms with Crippen LogP contribution in [-0.4, -0.2) is 34.2 Å². The van der Waals surface area contributed by atoms with Gasteiger partial charge in [0.15, 0.2) is 0 Å². The minimum Gasteiger partial charge on any atom is -0.337 e. The number of sulfonamides is 1. The van der Waals surface area contributed by atoms with E-state index < -0.39 is 15.4 Å². The van der Waals surface area contributed by atoms with Crippen molar-refractivity contribution in [3.05, 3.63) is 47.1 Å². The Kier molecular flexibility index (Phi) is 5.24. The SMILES string of the molecule is Cc1noc(NS(=O)(=O)c2ccc(NC(=O)C34C[C@H]5C[C@@H](C3)CC(n3cnc(Cl)n3)(C5)C4)cc2)c1C. The van der Waals surface area contributed by atoms with Crippen LogP contribution in [0.3, 0.4) is 0 Å². The molecule has 0 spiro atoms. The molecule has 10 nitrogen and oxygen atoms in total. The van der Waals surface area contributed by atoms with E-state index in [0.29, 0.717) is 35.2 Å². The molecule has 7 rings (SSSR count). The number of amides is 1. The molecule has 2 aromatic heterocycles. The lowest BCUT2D eigenvalue weighted by atomic mass is 9.46. The summed E-state index contributed by atoms with van der Waals surface area (Å²) < 4.78 is 35.0. The summed E-state index contributed by atoms with van der Waals surface area (Å²) in [7, 11) is -3.86. The van der Waals surface area contributed by atoms with Crippen molar-refractivity contribution >= 4 is 39.1 Å². The van der Waals surface area contributed by atoms with Crippen molar-refractivity contribution in [3.8, 4) is 0 Å². The van der Waals surface area contributed by atoms with Crippen molar-refractivity contribution in [2.75, 3.05) is 10.0 Å². The number of benzene rings is 1. The zero-order valence-corrected chi connectivity index (χ0v) is 21.6. The number of nitrogens with one attached hydrogen (secondary N) is 2. The molecule has 12 heteroatoms. The topological polar surface area (TPSA) is 132 Å². The number of aromatic nitrogens is 4. The number of rotatable bonds is 6. The quantitative estimate of drug-likeness (QED) is 0.486. The van der Waals surface area contributed by atoms with E-state index in [4.69, 9.17) is 16.1 Å². The molecule has 1 aromatic carbocycles. The van der Waals surface area contributed by atoms with Gasteiger partial charge in [-0.25, -0.2) is 22.8 Å². The van der Waals surface area contributed by atoms with E-state index in [1.165, 1.54) is 12.1 Å². The number of carbonyl (C=O) groups is 1. The summed E-state index contributed by atoms with van der Waals surface area (Å²) in [6, 6.07) is 6.15. The molecule has 0 radical (unpaired) electrons. The van der Waals surface area contributed by atoms with Gasteiger partial charge in [-0.05, 0) is 100 Å². The highest BCUT2D eigenvalue weighted by molar-refractivity contribution is 7.92. The van der Waals surface area contributed by atoms with E-state index >= 15 is 0 Å². The van der Waals surface area contributed by atoms with Gasteiger partial charge < -0.3 is 9.84 Å². The van der Waals surface area contributed by atoms with Gasteiger partial charge in [0, 0.05) is 11.3 Å². The fourth-order valence-electron chi connectivity index (χ4n) is 6.89. The first-order valence-corrected chi connectivity index (χ1v) is 13.9. The zero-order valence-electron chi connectivity index (χ0n) is 20.0. The van der Waals surface area contributed by atoms with Gasteiger partial charge in [-0.2, -0.15) is 0 Å². The Hall–Kier alpha value is -2.92. The third kappa shape index (κ3) is 3.80. The number of carbonyl (C=O) groups excluding carboxylic acids is 1. The summed E-state index contributed by atoms with van der Waals surface area (Å²) in [5.74, 6) is 0.992. The molecular weight excluding hydrogens is 504 g/mol. The smallest absolute Gasteiger partial charge is 0.264 e. The van der Waals surface area contributed by atoms with Crippen LogP contribution in [0, 0.1) is 31.1 Å². The third-order valence-corrected chi connectivity index (χ3v) is 9.79. The highest BCUT2D eigenvalue weighted by Crippen LogP contribution is 2.64. The van der Waals surface area contributed by atoms with Crippen LogP contribution >= 0.6 is 11.6 Å². The van der Waals surface area contributed by atoms with Gasteiger partial charge in [0.05, 0.1) is 21.5 Å². The van der Waals surface area contributed by atoms with Crippen LogP contribution in [0.25, 0.3) is 0 Å². The molecule has 0 aliphatic heterocycles. The maximum absolute atomic E-state index is 13.7. The van der Waals surface area contributed by atoms with Crippen molar-refractivity contribution in [1.82, 2.24) is 19.9 Å². The standard InChI is InChI=1S/C24H27ClN6O4S/c1-14-15(2)29-35-20(14)30-36(33,34)19-5-3-18(4-6-19)27-21(32)23-8-16-7-17(9-23)11-24(10-16,12-23)31-13-26-22(25)28-31/h3-6,13,16-17,30H,7-12H2,1-2H3,(H,27,32)/t16-,17+,23?,24?. The van der Waals surface area contributed by atoms with Gasteiger partial charge in [-0.15, -0.1) is 5.10 Å². The summed E-state index contributed by atoms with van der Waals surface area (Å²) >= 11 is 6.03. The molecule has 4 aliphatic carbocycles. The van der Waals surface area contributed by atoms with Gasteiger partial charge in [0.2, 0.25) is 17.1 Å². The summed E-state index contributed by atoms with van der Waals surface area (Å²) in [5.41, 5.74) is 1.08. The Bertz CT molecular complexity index is 1430. The minimum absolute atomic E-state index is 0.0197. The van der Waals surface area contributed by atoms with Crippen LogP contribution in [0.15, 0.2) is 40.0 Å². The second kappa shape index (κ2) is 8.04. The van der Waals surface area contributed by atoms with Gasteiger partial charge >= 0.3 is 0 Å². The van der Waals surface area contributed by atoms with Crippen molar-refractivity contribution in [1.29, 1.82) is 0 Å². The first kappa shape index (κ1) is 23.5. The van der Waals surface area contributed by atoms with Crippen LogP contribution in [-0.2, 0) is 20.4 Å². The van der Waals surface area contributed by atoms with Crippen LogP contribution < -0.4 is 10.0 Å². The summed E-state index contributed by atoms with van der Waals surface area (Å²) in [5, 5.41) is 11.5. The monoisotopic (exact) mass is 530 g/mol. The number of hydrogen-bond acceptors (Lipinski definition) is 7. The number of hydrogen-bond donors (Lipinski definition) is 2. The molecule has 4 saturated carbocycles. The number of halogens is 1. The molecule has 4 bridgehead atoms. The predicted molar refractivity (Wildman–Crippen MR) is 132 cm³/mol. The van der Waals surface area contributed by atoms with Crippen molar-refractivity contribution in [3.63, 3.8) is 0 Å². The van der Waals surface area contributed by atoms with Crippen molar-refractivity contribution in [2.45, 2.75) is 62.8 Å². The molecule has 4 aliphatic rings. The minimum atomic E-state index is -3.86. The number of anilines is 2. The lowest BCUT2D eigenvalue weighted by molar-refractivity contribution is -0.150. The fourth-order valence-corrected chi connectivity index (χ4v) is 8.06. The van der Waals surface area contributed by atoms with E-state index in [2.05, 4.69) is 25.3 Å². The molecule has 2 heterocycles. The third-order valence-electron chi connectivity index (χ3n) is 8.27. The summed E-state index contributed by atoms with van der Waals surface area (Å²) in [4.78, 5) is 17.9. The highest BCUT2D eigenvalue weighted by Gasteiger charge is 2.61. The first-order valence-electron chi connectivity index (χ1n) is 12.0. The molecule has 3 aromatic rings. The maximum Gasteiger partial charge on any atom is 0.264 e. The maximum atomic E-state index is 13.7. The highest BCUT2D eigenvalue weighted by atomic mass is 35.5. The van der Waals surface area contributed by atoms with E-state index in [-0.39, 0.29) is 27.5 Å². The van der Waals surface area contributed by atoms with Gasteiger partial charge in [-0.1, -0.05) is 5.16 Å². The summed E-state index contributed by atoms with van der Waals surface area (Å²) in [6.07, 6.45) is 7.21. The Morgan fingerprint density at radius 3 is 2.42 bits per heavy atom. The van der Waals surface area contributed by atoms with E-state index in [1.807, 2.05) is 4.68 Å². The molecule has 4 atom stereocenters. The molecule has 4 fully saturated rings. The van der Waals surface area contributed by atoms with Gasteiger partial charge in [-0.3, -0.25) is 4.79 Å². The predicted octanol–water partition coefficient (Wildman–Crippen LogP) is 4.27. The lowest BCUT2D eigenvalue weighted by Crippen LogP contribution is -2.60. The van der Waals surface area contributed by atoms with Crippen molar-refractivity contribution < 1.29 is 17.7 Å². The second-order valence-electron chi connectivity index (χ2n) is 10.7. The molecular formula is C24H27ClN6O4S. The average molecular weight is 531 g/mol. The normalized spacial score (nSPS) is 28.9. The Labute approximate surface area is 213 Å².